The molecule has 1 atom stereocenters. The Kier molecular flexibility index (Phi) is 5.18. The van der Waals surface area contributed by atoms with Crippen molar-refractivity contribution >= 4 is 17.5 Å². The summed E-state index contributed by atoms with van der Waals surface area (Å²) in [6, 6.07) is 3.08. The molecule has 0 radical (unpaired) electrons. The molecule has 0 saturated carbocycles. The molecule has 0 aliphatic heterocycles. The fourth-order valence-corrected chi connectivity index (χ4v) is 1.38. The van der Waals surface area contributed by atoms with Crippen LogP contribution in [0.2, 0.25) is 5.15 Å². The fourth-order valence-electron chi connectivity index (χ4n) is 1.19. The predicted octanol–water partition coefficient (Wildman–Crippen LogP) is 0.325. The number of rotatable bonds is 6. The van der Waals surface area contributed by atoms with Crippen molar-refractivity contribution in [2.75, 3.05) is 13.7 Å². The maximum atomic E-state index is 11.0. The maximum Gasteiger partial charge on any atom is 0.236 e. The van der Waals surface area contributed by atoms with Crippen LogP contribution in [0.3, 0.4) is 0 Å². The Balaban J connectivity index is 2.55. The van der Waals surface area contributed by atoms with E-state index in [-0.39, 0.29) is 6.61 Å². The van der Waals surface area contributed by atoms with E-state index in [1.165, 1.54) is 7.11 Å². The molecule has 0 bridgehead atoms. The molecular weight excluding hydrogens is 230 g/mol. The molecule has 1 heterocycles. The Morgan fingerprint density at radius 2 is 2.50 bits per heavy atom. The smallest absolute Gasteiger partial charge is 0.236 e. The van der Waals surface area contributed by atoms with Crippen molar-refractivity contribution in [3.63, 3.8) is 0 Å². The van der Waals surface area contributed by atoms with Crippen molar-refractivity contribution in [1.29, 1.82) is 0 Å². The van der Waals surface area contributed by atoms with Crippen LogP contribution >= 0.6 is 11.6 Å². The van der Waals surface area contributed by atoms with Crippen LogP contribution in [0, 0.1) is 0 Å². The zero-order valence-electron chi connectivity index (χ0n) is 8.94. The number of ether oxygens (including phenoxy) is 1. The molecular formula is C10H14ClN3O2. The minimum absolute atomic E-state index is 0.229. The van der Waals surface area contributed by atoms with Crippen molar-refractivity contribution in [1.82, 2.24) is 10.3 Å². The molecule has 0 spiro atoms. The number of amides is 1. The average molecular weight is 244 g/mol. The third-order valence-electron chi connectivity index (χ3n) is 2.05. The van der Waals surface area contributed by atoms with E-state index in [0.717, 1.165) is 5.56 Å². The normalized spacial score (nSPS) is 12.4. The lowest BCUT2D eigenvalue weighted by atomic mass is 10.2. The van der Waals surface area contributed by atoms with Gasteiger partial charge in [0.2, 0.25) is 5.91 Å². The molecule has 1 rings (SSSR count). The number of hydrogen-bond acceptors (Lipinski definition) is 4. The number of methoxy groups -OCH3 is 1. The van der Waals surface area contributed by atoms with Crippen LogP contribution in [0.4, 0.5) is 0 Å². The van der Waals surface area contributed by atoms with Gasteiger partial charge in [0.1, 0.15) is 11.2 Å². The van der Waals surface area contributed by atoms with Crippen LogP contribution in [0.1, 0.15) is 5.56 Å². The van der Waals surface area contributed by atoms with Gasteiger partial charge in [-0.25, -0.2) is 4.98 Å². The first-order valence-electron chi connectivity index (χ1n) is 4.76. The molecule has 0 aliphatic rings. The molecule has 6 heteroatoms. The lowest BCUT2D eigenvalue weighted by Gasteiger charge is -2.14. The molecule has 5 nitrogen and oxygen atoms in total. The second-order valence-corrected chi connectivity index (χ2v) is 3.60. The summed E-state index contributed by atoms with van der Waals surface area (Å²) in [5.74, 6) is -0.457. The molecule has 0 saturated heterocycles. The summed E-state index contributed by atoms with van der Waals surface area (Å²) in [7, 11) is 1.51. The second-order valence-electron chi connectivity index (χ2n) is 3.24. The monoisotopic (exact) mass is 243 g/mol. The number of pyridine rings is 1. The van der Waals surface area contributed by atoms with Gasteiger partial charge >= 0.3 is 0 Å². The van der Waals surface area contributed by atoms with Crippen LogP contribution in [0.5, 0.6) is 0 Å². The topological polar surface area (TPSA) is 77.2 Å². The van der Waals surface area contributed by atoms with Gasteiger partial charge in [0.15, 0.2) is 0 Å². The largest absolute Gasteiger partial charge is 0.383 e. The minimum atomic E-state index is -0.527. The zero-order valence-corrected chi connectivity index (χ0v) is 9.70. The number of nitrogens with two attached hydrogens (primary N) is 1. The highest BCUT2D eigenvalue weighted by Gasteiger charge is 2.14. The third kappa shape index (κ3) is 3.77. The predicted molar refractivity (Wildman–Crippen MR) is 60.9 cm³/mol. The lowest BCUT2D eigenvalue weighted by Crippen LogP contribution is -2.44. The van der Waals surface area contributed by atoms with E-state index in [4.69, 9.17) is 22.1 Å². The highest BCUT2D eigenvalue weighted by molar-refractivity contribution is 6.30. The van der Waals surface area contributed by atoms with Crippen LogP contribution in [-0.4, -0.2) is 30.6 Å². The third-order valence-corrected chi connectivity index (χ3v) is 2.39. The molecule has 1 unspecified atom stereocenters. The maximum absolute atomic E-state index is 11.0. The minimum Gasteiger partial charge on any atom is -0.383 e. The van der Waals surface area contributed by atoms with Gasteiger partial charge in [0.25, 0.3) is 0 Å². The van der Waals surface area contributed by atoms with E-state index < -0.39 is 11.9 Å². The molecule has 1 aromatic rings. The Hall–Kier alpha value is -1.17. The summed E-state index contributed by atoms with van der Waals surface area (Å²) in [5, 5.41) is 3.37. The van der Waals surface area contributed by atoms with E-state index in [9.17, 15) is 4.79 Å². The van der Waals surface area contributed by atoms with Crippen molar-refractivity contribution in [3.05, 3.63) is 29.0 Å². The summed E-state index contributed by atoms with van der Waals surface area (Å²) in [6.45, 7) is 0.650. The first-order chi connectivity index (χ1) is 7.65. The van der Waals surface area contributed by atoms with Gasteiger partial charge in [-0.2, -0.15) is 0 Å². The number of halogens is 1. The summed E-state index contributed by atoms with van der Waals surface area (Å²) in [5.41, 5.74) is 6.01. The second kappa shape index (κ2) is 6.42. The van der Waals surface area contributed by atoms with Crippen molar-refractivity contribution in [2.24, 2.45) is 5.73 Å². The van der Waals surface area contributed by atoms with Crippen molar-refractivity contribution in [3.8, 4) is 0 Å². The molecule has 3 N–H and O–H groups in total. The van der Waals surface area contributed by atoms with E-state index in [0.29, 0.717) is 11.7 Å². The number of carbonyl (C=O) groups is 1. The molecule has 0 aromatic carbocycles. The summed E-state index contributed by atoms with van der Waals surface area (Å²) in [4.78, 5) is 15.0. The number of primary amides is 1. The summed E-state index contributed by atoms with van der Waals surface area (Å²) < 4.78 is 4.87. The van der Waals surface area contributed by atoms with Crippen molar-refractivity contribution in [2.45, 2.75) is 12.6 Å². The quantitative estimate of drug-likeness (QED) is 0.706. The summed E-state index contributed by atoms with van der Waals surface area (Å²) in [6.07, 6.45) is 1.60. The average Bonchev–Trinajstić information content (AvgIpc) is 2.26. The van der Waals surface area contributed by atoms with E-state index in [2.05, 4.69) is 10.3 Å². The van der Waals surface area contributed by atoms with Crippen LogP contribution in [0.25, 0.3) is 0 Å². The van der Waals surface area contributed by atoms with E-state index >= 15 is 0 Å². The molecule has 16 heavy (non-hydrogen) atoms. The molecule has 0 fully saturated rings. The van der Waals surface area contributed by atoms with Gasteiger partial charge in [0, 0.05) is 25.4 Å². The first-order valence-corrected chi connectivity index (χ1v) is 5.14. The van der Waals surface area contributed by atoms with Crippen LogP contribution in [0.15, 0.2) is 18.3 Å². The SMILES string of the molecule is COCC(NCc1cccnc1Cl)C(N)=O. The van der Waals surface area contributed by atoms with Crippen LogP contribution in [-0.2, 0) is 16.1 Å². The van der Waals surface area contributed by atoms with Gasteiger partial charge in [-0.1, -0.05) is 17.7 Å². The zero-order chi connectivity index (χ0) is 12.0. The lowest BCUT2D eigenvalue weighted by molar-refractivity contribution is -0.121. The Morgan fingerprint density at radius 3 is 3.06 bits per heavy atom. The van der Waals surface area contributed by atoms with Gasteiger partial charge in [-0.05, 0) is 6.07 Å². The fraction of sp³-hybridized carbons (Fsp3) is 0.400. The van der Waals surface area contributed by atoms with Gasteiger partial charge in [-0.15, -0.1) is 0 Å². The molecule has 88 valence electrons. The Labute approximate surface area is 98.9 Å². The molecule has 1 amide bonds. The number of hydrogen-bond donors (Lipinski definition) is 2. The highest BCUT2D eigenvalue weighted by Crippen LogP contribution is 2.10. The van der Waals surface area contributed by atoms with Gasteiger partial charge in [-0.3, -0.25) is 10.1 Å². The Bertz CT molecular complexity index is 360. The van der Waals surface area contributed by atoms with E-state index in [1.807, 2.05) is 6.07 Å². The van der Waals surface area contributed by atoms with Gasteiger partial charge < -0.3 is 10.5 Å². The van der Waals surface area contributed by atoms with E-state index in [1.54, 1.807) is 12.3 Å². The summed E-state index contributed by atoms with van der Waals surface area (Å²) >= 11 is 5.87. The van der Waals surface area contributed by atoms with Gasteiger partial charge in [0.05, 0.1) is 6.61 Å². The number of aromatic nitrogens is 1. The van der Waals surface area contributed by atoms with Crippen molar-refractivity contribution < 1.29 is 9.53 Å². The molecule has 1 aromatic heterocycles. The first kappa shape index (κ1) is 12.9. The highest BCUT2D eigenvalue weighted by atomic mass is 35.5. The number of carbonyl (C=O) groups excluding carboxylic acids is 1. The van der Waals surface area contributed by atoms with Crippen LogP contribution < -0.4 is 11.1 Å². The molecule has 0 aliphatic carbocycles. The number of nitrogens with zero attached hydrogens (tertiary/aromatic N) is 1. The standard InChI is InChI=1S/C10H14ClN3O2/c1-16-6-8(10(12)15)14-5-7-3-2-4-13-9(7)11/h2-4,8,14H,5-6H2,1H3,(H2,12,15). The Morgan fingerprint density at radius 1 is 1.75 bits per heavy atom. The number of nitrogens with one attached hydrogen (secondary N) is 1.